The minimum atomic E-state index is -4.43. The van der Waals surface area contributed by atoms with Crippen molar-refractivity contribution < 1.29 is 22.8 Å². The van der Waals surface area contributed by atoms with E-state index in [9.17, 15) is 22.8 Å². The van der Waals surface area contributed by atoms with E-state index in [1.165, 1.54) is 12.1 Å². The van der Waals surface area contributed by atoms with Crippen LogP contribution in [0.3, 0.4) is 0 Å². The van der Waals surface area contributed by atoms with Gasteiger partial charge in [0, 0.05) is 22.3 Å². The van der Waals surface area contributed by atoms with Crippen LogP contribution in [0.4, 0.5) is 18.9 Å². The van der Waals surface area contributed by atoms with Crippen LogP contribution in [0.5, 0.6) is 0 Å². The Morgan fingerprint density at radius 3 is 1.89 bits per heavy atom. The molecule has 1 heterocycles. The van der Waals surface area contributed by atoms with Crippen LogP contribution in [-0.4, -0.2) is 11.8 Å². The highest BCUT2D eigenvalue weighted by Gasteiger charge is 2.34. The van der Waals surface area contributed by atoms with Gasteiger partial charge in [-0.15, -0.1) is 0 Å². The minimum Gasteiger partial charge on any atom is -0.269 e. The Kier molecular flexibility index (Phi) is 4.63. The Bertz CT molecular complexity index is 1020. The van der Waals surface area contributed by atoms with Crippen LogP contribution in [0, 0.1) is 11.8 Å². The highest BCUT2D eigenvalue weighted by atomic mass is 19.4. The first-order valence-corrected chi connectivity index (χ1v) is 8.04. The first-order valence-electron chi connectivity index (χ1n) is 8.04. The lowest BCUT2D eigenvalue weighted by Gasteiger charge is -2.15. The molecule has 1 aliphatic rings. The molecule has 6 heteroatoms. The number of nitrogens with zero attached hydrogens (tertiary/aromatic N) is 1. The highest BCUT2D eigenvalue weighted by Crippen LogP contribution is 2.29. The van der Waals surface area contributed by atoms with Crippen molar-refractivity contribution in [1.82, 2.24) is 0 Å². The number of hydrogen-bond donors (Lipinski definition) is 0. The van der Waals surface area contributed by atoms with Crippen LogP contribution in [0.1, 0.15) is 30.5 Å². The zero-order valence-electron chi connectivity index (χ0n) is 14.5. The van der Waals surface area contributed by atoms with Crippen molar-refractivity contribution in [2.75, 3.05) is 4.90 Å². The molecular weight excluding hydrogens is 355 g/mol. The van der Waals surface area contributed by atoms with Crippen LogP contribution in [0.15, 0.2) is 59.7 Å². The lowest BCUT2D eigenvalue weighted by atomic mass is 10.1. The number of amides is 2. The standard InChI is InChI=1S/C21H14F3NO2/c1-13-14(2)20(27)25(19(13)26)18-8-4-6-16(12-18)10-9-15-5-3-7-17(11-15)21(22,23)24/h3-8,11-12H,1-2H3. The Hall–Kier alpha value is -3.33. The topological polar surface area (TPSA) is 37.4 Å². The van der Waals surface area contributed by atoms with Gasteiger partial charge in [0.15, 0.2) is 0 Å². The molecule has 3 nitrogen and oxygen atoms in total. The Morgan fingerprint density at radius 1 is 0.815 bits per heavy atom. The summed E-state index contributed by atoms with van der Waals surface area (Å²) in [6.45, 7) is 3.18. The van der Waals surface area contributed by atoms with Crippen molar-refractivity contribution in [1.29, 1.82) is 0 Å². The summed E-state index contributed by atoms with van der Waals surface area (Å²) in [6.07, 6.45) is -4.43. The molecule has 0 saturated heterocycles. The fourth-order valence-corrected chi connectivity index (χ4v) is 2.62. The zero-order valence-corrected chi connectivity index (χ0v) is 14.5. The molecule has 0 atom stereocenters. The predicted molar refractivity (Wildman–Crippen MR) is 94.7 cm³/mol. The number of halogens is 3. The largest absolute Gasteiger partial charge is 0.416 e. The fourth-order valence-electron chi connectivity index (χ4n) is 2.62. The summed E-state index contributed by atoms with van der Waals surface area (Å²) >= 11 is 0. The monoisotopic (exact) mass is 369 g/mol. The molecular formula is C21H14F3NO2. The van der Waals surface area contributed by atoms with E-state index in [0.29, 0.717) is 22.4 Å². The summed E-state index contributed by atoms with van der Waals surface area (Å²) in [5.41, 5.74) is 1.08. The second kappa shape index (κ2) is 6.76. The molecule has 2 amide bonds. The smallest absolute Gasteiger partial charge is 0.269 e. The number of alkyl halides is 3. The Morgan fingerprint density at radius 2 is 1.33 bits per heavy atom. The van der Waals surface area contributed by atoms with Crippen LogP contribution in [0.25, 0.3) is 0 Å². The number of anilines is 1. The third kappa shape index (κ3) is 3.63. The summed E-state index contributed by atoms with van der Waals surface area (Å²) in [7, 11) is 0. The first kappa shape index (κ1) is 18.5. The zero-order chi connectivity index (χ0) is 19.8. The van der Waals surface area contributed by atoms with Gasteiger partial charge in [0.2, 0.25) is 0 Å². The molecule has 0 bridgehead atoms. The average Bonchev–Trinajstić information content (AvgIpc) is 2.83. The summed E-state index contributed by atoms with van der Waals surface area (Å²) in [5.74, 6) is 4.68. The van der Waals surface area contributed by atoms with E-state index >= 15 is 0 Å². The van der Waals surface area contributed by atoms with Crippen LogP contribution in [-0.2, 0) is 15.8 Å². The third-order valence-corrected chi connectivity index (χ3v) is 4.26. The second-order valence-electron chi connectivity index (χ2n) is 6.07. The third-order valence-electron chi connectivity index (χ3n) is 4.26. The maximum absolute atomic E-state index is 12.8. The fraction of sp³-hybridized carbons (Fsp3) is 0.143. The van der Waals surface area contributed by atoms with Gasteiger partial charge in [0.05, 0.1) is 11.3 Å². The van der Waals surface area contributed by atoms with Crippen molar-refractivity contribution in [2.24, 2.45) is 0 Å². The normalized spacial score (nSPS) is 14.5. The highest BCUT2D eigenvalue weighted by molar-refractivity contribution is 6.32. The summed E-state index contributed by atoms with van der Waals surface area (Å²) in [6, 6.07) is 11.2. The molecule has 0 saturated carbocycles. The van der Waals surface area contributed by atoms with E-state index < -0.39 is 11.7 Å². The molecule has 0 spiro atoms. The molecule has 0 fully saturated rings. The van der Waals surface area contributed by atoms with Crippen molar-refractivity contribution in [3.63, 3.8) is 0 Å². The van der Waals surface area contributed by atoms with Crippen LogP contribution >= 0.6 is 0 Å². The van der Waals surface area contributed by atoms with Gasteiger partial charge in [-0.1, -0.05) is 24.0 Å². The maximum atomic E-state index is 12.8. The SMILES string of the molecule is CC1=C(C)C(=O)N(c2cccc(C#Cc3cccc(C(F)(F)F)c3)c2)C1=O. The molecule has 0 unspecified atom stereocenters. The molecule has 136 valence electrons. The van der Waals surface area contributed by atoms with Gasteiger partial charge in [-0.3, -0.25) is 9.59 Å². The van der Waals surface area contributed by atoms with Gasteiger partial charge < -0.3 is 0 Å². The Balaban J connectivity index is 1.90. The van der Waals surface area contributed by atoms with Gasteiger partial charge in [-0.05, 0) is 50.2 Å². The first-order chi connectivity index (χ1) is 12.7. The van der Waals surface area contributed by atoms with E-state index in [0.717, 1.165) is 17.0 Å². The number of carbonyl (C=O) groups excluding carboxylic acids is 2. The minimum absolute atomic E-state index is 0.219. The van der Waals surface area contributed by atoms with Crippen molar-refractivity contribution in [3.05, 3.63) is 76.4 Å². The molecule has 0 aliphatic carbocycles. The number of imide groups is 1. The predicted octanol–water partition coefficient (Wildman–Crippen LogP) is 4.31. The maximum Gasteiger partial charge on any atom is 0.416 e. The summed E-state index contributed by atoms with van der Waals surface area (Å²) in [4.78, 5) is 25.6. The molecule has 0 aromatic heterocycles. The summed E-state index contributed by atoms with van der Waals surface area (Å²) in [5, 5.41) is 0. The molecule has 27 heavy (non-hydrogen) atoms. The van der Waals surface area contributed by atoms with Crippen molar-refractivity contribution in [3.8, 4) is 11.8 Å². The molecule has 1 aliphatic heterocycles. The van der Waals surface area contributed by atoms with Crippen molar-refractivity contribution >= 4 is 17.5 Å². The molecule has 0 radical (unpaired) electrons. The van der Waals surface area contributed by atoms with Gasteiger partial charge in [0.1, 0.15) is 0 Å². The quantitative estimate of drug-likeness (QED) is 0.555. The lowest BCUT2D eigenvalue weighted by Crippen LogP contribution is -2.31. The number of carbonyl (C=O) groups is 2. The summed E-state index contributed by atoms with van der Waals surface area (Å²) < 4.78 is 38.3. The van der Waals surface area contributed by atoms with Gasteiger partial charge in [-0.2, -0.15) is 13.2 Å². The lowest BCUT2D eigenvalue weighted by molar-refractivity contribution is -0.137. The molecule has 2 aromatic rings. The van der Waals surface area contributed by atoms with Crippen LogP contribution < -0.4 is 4.90 Å². The van der Waals surface area contributed by atoms with E-state index in [4.69, 9.17) is 0 Å². The second-order valence-corrected chi connectivity index (χ2v) is 6.07. The van der Waals surface area contributed by atoms with Gasteiger partial charge in [0.25, 0.3) is 11.8 Å². The number of hydrogen-bond acceptors (Lipinski definition) is 2. The number of rotatable bonds is 1. The molecule has 3 rings (SSSR count). The van der Waals surface area contributed by atoms with E-state index in [2.05, 4.69) is 11.8 Å². The average molecular weight is 369 g/mol. The molecule has 2 aromatic carbocycles. The van der Waals surface area contributed by atoms with E-state index in [1.807, 2.05) is 0 Å². The Labute approximate surface area is 154 Å². The van der Waals surface area contributed by atoms with Gasteiger partial charge in [-0.25, -0.2) is 4.90 Å². The van der Waals surface area contributed by atoms with E-state index in [1.54, 1.807) is 38.1 Å². The van der Waals surface area contributed by atoms with Gasteiger partial charge >= 0.3 is 6.18 Å². The van der Waals surface area contributed by atoms with E-state index in [-0.39, 0.29) is 17.4 Å². The number of benzene rings is 2. The molecule has 0 N–H and O–H groups in total. The van der Waals surface area contributed by atoms with Crippen molar-refractivity contribution in [2.45, 2.75) is 20.0 Å². The van der Waals surface area contributed by atoms with Crippen LogP contribution in [0.2, 0.25) is 0 Å².